The van der Waals surface area contributed by atoms with Gasteiger partial charge in [-0.15, -0.1) is 0 Å². The Morgan fingerprint density at radius 3 is 2.70 bits per heavy atom. The number of nitrogens with zero attached hydrogens (tertiary/aromatic N) is 2. The molecule has 1 saturated carbocycles. The molecular weight excluding hydrogens is 308 g/mol. The highest BCUT2D eigenvalue weighted by Gasteiger charge is 2.26. The van der Waals surface area contributed by atoms with E-state index in [9.17, 15) is 24.8 Å². The topological polar surface area (TPSA) is 143 Å². The fourth-order valence-electron chi connectivity index (χ4n) is 1.68. The number of amides is 2. The van der Waals surface area contributed by atoms with Gasteiger partial charge in [-0.2, -0.15) is 5.10 Å². The summed E-state index contributed by atoms with van der Waals surface area (Å²) < 4.78 is 4.83. The first-order valence-electron chi connectivity index (χ1n) is 6.61. The van der Waals surface area contributed by atoms with Crippen LogP contribution in [-0.4, -0.2) is 41.2 Å². The largest absolute Gasteiger partial charge is 0.500 e. The summed E-state index contributed by atoms with van der Waals surface area (Å²) in [5.74, 6) is -2.45. The smallest absolute Gasteiger partial charge is 0.329 e. The number of ether oxygens (including phenoxy) is 1. The van der Waals surface area contributed by atoms with Crippen LogP contribution < -0.4 is 15.5 Å². The Bertz CT molecular complexity index is 683. The van der Waals surface area contributed by atoms with E-state index in [1.165, 1.54) is 13.2 Å². The van der Waals surface area contributed by atoms with Gasteiger partial charge < -0.3 is 15.2 Å². The third kappa shape index (κ3) is 4.15. The molecule has 1 aromatic carbocycles. The number of benzene rings is 1. The number of carbonyl (C=O) groups excluding carboxylic acids is 2. The minimum absolute atomic E-state index is 0.0428. The predicted molar refractivity (Wildman–Crippen MR) is 78.2 cm³/mol. The van der Waals surface area contributed by atoms with Gasteiger partial charge in [0.2, 0.25) is 5.75 Å². The van der Waals surface area contributed by atoms with Crippen LogP contribution in [0, 0.1) is 10.1 Å². The maximum absolute atomic E-state index is 11.4. The Kier molecular flexibility index (Phi) is 4.74. The molecule has 1 aliphatic rings. The maximum Gasteiger partial charge on any atom is 0.329 e. The third-order valence-corrected chi connectivity index (χ3v) is 2.99. The highest BCUT2D eigenvalue weighted by molar-refractivity contribution is 6.35. The van der Waals surface area contributed by atoms with E-state index in [2.05, 4.69) is 10.4 Å². The van der Waals surface area contributed by atoms with Crippen molar-refractivity contribution in [2.24, 2.45) is 5.10 Å². The minimum Gasteiger partial charge on any atom is -0.500 e. The zero-order chi connectivity index (χ0) is 17.0. The lowest BCUT2D eigenvalue weighted by molar-refractivity contribution is -0.386. The molecule has 1 fully saturated rings. The van der Waals surface area contributed by atoms with Crippen LogP contribution in [0.5, 0.6) is 11.5 Å². The van der Waals surface area contributed by atoms with Gasteiger partial charge in [-0.05, 0) is 18.9 Å². The number of phenolic OH excluding ortho intramolecular Hbond substituents is 1. The molecule has 3 N–H and O–H groups in total. The summed E-state index contributed by atoms with van der Waals surface area (Å²) in [7, 11) is 1.24. The first-order chi connectivity index (χ1) is 10.9. The van der Waals surface area contributed by atoms with Crippen molar-refractivity contribution in [3.8, 4) is 11.5 Å². The Labute approximate surface area is 130 Å². The summed E-state index contributed by atoms with van der Waals surface area (Å²) in [6.45, 7) is 0. The number of hydrogen-bond donors (Lipinski definition) is 3. The molecule has 10 nitrogen and oxygen atoms in total. The van der Waals surface area contributed by atoms with Gasteiger partial charge >= 0.3 is 17.5 Å². The molecule has 0 aliphatic heterocycles. The Morgan fingerprint density at radius 2 is 2.13 bits per heavy atom. The molecule has 23 heavy (non-hydrogen) atoms. The molecular formula is C13H14N4O6. The lowest BCUT2D eigenvalue weighted by Gasteiger charge is -2.05. The molecule has 2 rings (SSSR count). The van der Waals surface area contributed by atoms with Crippen molar-refractivity contribution in [2.45, 2.75) is 18.9 Å². The van der Waals surface area contributed by atoms with Crippen LogP contribution in [0.3, 0.4) is 0 Å². The van der Waals surface area contributed by atoms with E-state index in [-0.39, 0.29) is 17.4 Å². The van der Waals surface area contributed by atoms with E-state index < -0.39 is 28.2 Å². The monoisotopic (exact) mass is 322 g/mol. The molecule has 0 bridgehead atoms. The molecule has 1 aromatic rings. The van der Waals surface area contributed by atoms with E-state index in [1.807, 2.05) is 5.43 Å². The highest BCUT2D eigenvalue weighted by atomic mass is 16.6. The second kappa shape index (κ2) is 6.73. The van der Waals surface area contributed by atoms with E-state index in [1.54, 1.807) is 0 Å². The van der Waals surface area contributed by atoms with Gasteiger partial charge in [0.1, 0.15) is 0 Å². The SMILES string of the molecule is COc1cc(/C=N/NC(=O)C(=O)NC2CC2)cc([N+](=O)[O-])c1O. The van der Waals surface area contributed by atoms with Gasteiger partial charge in [0.25, 0.3) is 0 Å². The summed E-state index contributed by atoms with van der Waals surface area (Å²) in [6.07, 6.45) is 2.79. The number of nitrogens with one attached hydrogen (secondary N) is 2. The van der Waals surface area contributed by atoms with Crippen LogP contribution in [0.4, 0.5) is 5.69 Å². The number of rotatable bonds is 5. The zero-order valence-electron chi connectivity index (χ0n) is 12.1. The van der Waals surface area contributed by atoms with Crippen molar-refractivity contribution in [3.05, 3.63) is 27.8 Å². The summed E-state index contributed by atoms with van der Waals surface area (Å²) >= 11 is 0. The number of nitro benzene ring substituents is 1. The van der Waals surface area contributed by atoms with Crippen molar-refractivity contribution in [1.29, 1.82) is 0 Å². The zero-order valence-corrected chi connectivity index (χ0v) is 12.1. The number of phenols is 1. The molecule has 0 heterocycles. The number of hydrazone groups is 1. The second-order valence-corrected chi connectivity index (χ2v) is 4.79. The maximum atomic E-state index is 11.4. The van der Waals surface area contributed by atoms with Gasteiger partial charge in [0.05, 0.1) is 18.2 Å². The Hall–Kier alpha value is -3.17. The fraction of sp³-hybridized carbons (Fsp3) is 0.308. The van der Waals surface area contributed by atoms with Crippen molar-refractivity contribution in [1.82, 2.24) is 10.7 Å². The van der Waals surface area contributed by atoms with Crippen LogP contribution in [0.2, 0.25) is 0 Å². The van der Waals surface area contributed by atoms with Crippen LogP contribution in [0.15, 0.2) is 17.2 Å². The van der Waals surface area contributed by atoms with Crippen LogP contribution in [0.25, 0.3) is 0 Å². The molecule has 0 saturated heterocycles. The van der Waals surface area contributed by atoms with Crippen LogP contribution >= 0.6 is 0 Å². The van der Waals surface area contributed by atoms with E-state index in [0.29, 0.717) is 0 Å². The highest BCUT2D eigenvalue weighted by Crippen LogP contribution is 2.36. The summed E-state index contributed by atoms with van der Waals surface area (Å²) in [5.41, 5.74) is 1.65. The van der Waals surface area contributed by atoms with Gasteiger partial charge in [-0.3, -0.25) is 19.7 Å². The number of aromatic hydroxyl groups is 1. The van der Waals surface area contributed by atoms with E-state index in [0.717, 1.165) is 25.1 Å². The first-order valence-corrected chi connectivity index (χ1v) is 6.61. The molecule has 0 spiro atoms. The number of hydrogen-bond acceptors (Lipinski definition) is 7. The molecule has 10 heteroatoms. The number of carbonyl (C=O) groups is 2. The minimum atomic E-state index is -0.937. The van der Waals surface area contributed by atoms with Crippen molar-refractivity contribution in [3.63, 3.8) is 0 Å². The average Bonchev–Trinajstić information content (AvgIpc) is 3.32. The molecule has 0 radical (unpaired) electrons. The lowest BCUT2D eigenvalue weighted by Crippen LogP contribution is -2.38. The molecule has 0 atom stereocenters. The molecule has 0 aromatic heterocycles. The quantitative estimate of drug-likeness (QED) is 0.302. The number of methoxy groups -OCH3 is 1. The Morgan fingerprint density at radius 1 is 1.43 bits per heavy atom. The van der Waals surface area contributed by atoms with Gasteiger partial charge in [-0.1, -0.05) is 0 Å². The summed E-state index contributed by atoms with van der Waals surface area (Å²) in [5, 5.41) is 26.5. The Balaban J connectivity index is 2.06. The molecule has 122 valence electrons. The third-order valence-electron chi connectivity index (χ3n) is 2.99. The molecule has 1 aliphatic carbocycles. The standard InChI is InChI=1S/C13H14N4O6/c1-23-10-5-7(4-9(11(10)18)17(21)22)6-14-16-13(20)12(19)15-8-2-3-8/h4-6,8,18H,2-3H2,1H3,(H,15,19)(H,16,20)/b14-6+. The van der Waals surface area contributed by atoms with Crippen molar-refractivity contribution < 1.29 is 24.4 Å². The predicted octanol–water partition coefficient (Wildman–Crippen LogP) is 0.0377. The summed E-state index contributed by atoms with van der Waals surface area (Å²) in [4.78, 5) is 32.9. The second-order valence-electron chi connectivity index (χ2n) is 4.79. The number of nitro groups is 1. The first kappa shape index (κ1) is 16.2. The van der Waals surface area contributed by atoms with E-state index >= 15 is 0 Å². The van der Waals surface area contributed by atoms with E-state index in [4.69, 9.17) is 4.74 Å². The van der Waals surface area contributed by atoms with Crippen molar-refractivity contribution >= 4 is 23.7 Å². The molecule has 0 unspecified atom stereocenters. The average molecular weight is 322 g/mol. The van der Waals surface area contributed by atoms with Gasteiger partial charge in [0, 0.05) is 17.7 Å². The van der Waals surface area contributed by atoms with Gasteiger partial charge in [-0.25, -0.2) is 5.43 Å². The fourth-order valence-corrected chi connectivity index (χ4v) is 1.68. The normalized spacial score (nSPS) is 13.6. The van der Waals surface area contributed by atoms with Gasteiger partial charge in [0.15, 0.2) is 5.75 Å². The van der Waals surface area contributed by atoms with Crippen molar-refractivity contribution in [2.75, 3.05) is 7.11 Å². The van der Waals surface area contributed by atoms with Crippen LogP contribution in [0.1, 0.15) is 18.4 Å². The van der Waals surface area contributed by atoms with Crippen LogP contribution in [-0.2, 0) is 9.59 Å². The molecule has 2 amide bonds. The lowest BCUT2D eigenvalue weighted by atomic mass is 10.2. The summed E-state index contributed by atoms with van der Waals surface area (Å²) in [6, 6.07) is 2.39.